The van der Waals surface area contributed by atoms with E-state index in [-0.39, 0.29) is 18.9 Å². The van der Waals surface area contributed by atoms with Gasteiger partial charge in [-0.1, -0.05) is 0 Å². The van der Waals surface area contributed by atoms with E-state index in [1.54, 1.807) is 0 Å². The van der Waals surface area contributed by atoms with Crippen molar-refractivity contribution in [3.05, 3.63) is 0 Å². The summed E-state index contributed by atoms with van der Waals surface area (Å²) in [6.07, 6.45) is 0. The summed E-state index contributed by atoms with van der Waals surface area (Å²) in [4.78, 5) is 154. The molecule has 192 valence electrons. The Kier molecular flexibility index (Phi) is 32.9. The third-order valence-corrected chi connectivity index (χ3v) is 0. The Morgan fingerprint density at radius 1 is 0.226 bits per heavy atom. The first-order valence-electron chi connectivity index (χ1n) is 4.38. The largest absolute Gasteiger partial charge is 1.00 e. The van der Waals surface area contributed by atoms with Crippen LogP contribution >= 0.6 is 46.9 Å². The molecule has 0 spiro atoms. The van der Waals surface area contributed by atoms with E-state index >= 15 is 0 Å². The molecule has 0 fully saturated rings. The molecule has 0 aliphatic rings. The second-order valence-electron chi connectivity index (χ2n) is 2.68. The van der Waals surface area contributed by atoms with Crippen LogP contribution in [0.5, 0.6) is 0 Å². The fraction of sp³-hybridized carbons (Fsp3) is 0. The van der Waals surface area contributed by atoms with Gasteiger partial charge in [-0.05, 0) is 0 Å². The summed E-state index contributed by atoms with van der Waals surface area (Å²) >= 11 is 0. The Bertz CT molecular complexity index is 460. The summed E-state index contributed by atoms with van der Waals surface area (Å²) in [5.41, 5.74) is 0. The second kappa shape index (κ2) is 20.6. The molecule has 0 bridgehead atoms. The molecule has 0 aromatic heterocycles. The molecule has 0 radical (unpaired) electrons. The molecule has 0 rings (SSSR count). The minimum absolute atomic E-state index is 0. The van der Waals surface area contributed by atoms with Gasteiger partial charge in [0.05, 0.1) is 0 Å². The fourth-order valence-corrected chi connectivity index (χ4v) is 0. The van der Waals surface area contributed by atoms with Crippen LogP contribution in [0, 0.1) is 0 Å². The van der Waals surface area contributed by atoms with Crippen LogP contribution in [-0.2, 0) is 27.4 Å². The molecule has 0 aliphatic heterocycles. The molecule has 0 aromatic rings. The molecule has 0 N–H and O–H groups in total. The van der Waals surface area contributed by atoms with Crippen molar-refractivity contribution in [2.45, 2.75) is 0 Å². The molecule has 0 amide bonds. The number of rotatable bonds is 0. The van der Waals surface area contributed by atoms with Gasteiger partial charge in [-0.25, -0.2) is 0 Å². The number of hydrogen-bond acceptors (Lipinski definition) is 24. The molecule has 0 saturated carbocycles. The standard InChI is InChI=1S/Li.6H3O4P/c;6*1-5(2,3)4/h;6*(H3,1,2,3,4)/q+1;;;;;;/p-18. The molecule has 24 nitrogen and oxygen atoms in total. The topological polar surface area (TPSA) is 518 Å². The Morgan fingerprint density at radius 3 is 0.226 bits per heavy atom. The number of hydrogen-bond donors (Lipinski definition) is 0. The average molecular weight is 577 g/mol. The molecule has 0 heterocycles. The maximum absolute atomic E-state index is 8.55. The molecule has 0 unspecified atom stereocenters. The quantitative estimate of drug-likeness (QED) is 0.190. The van der Waals surface area contributed by atoms with Gasteiger partial charge in [0, 0.05) is 0 Å². The van der Waals surface area contributed by atoms with Crippen LogP contribution in [0.25, 0.3) is 0 Å². The zero-order chi connectivity index (χ0) is 27.0. The van der Waals surface area contributed by atoms with Crippen LogP contribution in [0.2, 0.25) is 0 Å². The molecule has 0 aromatic carbocycles. The minimum Gasteiger partial charge on any atom is -0.822 e. The smallest absolute Gasteiger partial charge is 0.822 e. The SMILES string of the molecule is O=P([O-])([O-])[O-].O=P([O-])([O-])[O-].O=P([O-])([O-])[O-].O=P([O-])([O-])[O-].O=P([O-])([O-])[O-].O=P([O-])([O-])[O-].[Li+]. The second-order valence-corrected chi connectivity index (χ2v) is 8.05. The van der Waals surface area contributed by atoms with Crippen LogP contribution in [0.1, 0.15) is 0 Å². The van der Waals surface area contributed by atoms with Crippen molar-refractivity contribution in [3.63, 3.8) is 0 Å². The van der Waals surface area contributed by atoms with Gasteiger partial charge >= 0.3 is 18.9 Å². The van der Waals surface area contributed by atoms with Gasteiger partial charge in [-0.15, -0.1) is 0 Å². The zero-order valence-electron chi connectivity index (χ0n) is 13.5. The van der Waals surface area contributed by atoms with Crippen molar-refractivity contribution >= 4 is 46.9 Å². The van der Waals surface area contributed by atoms with Crippen molar-refractivity contribution in [1.82, 2.24) is 0 Å². The fourth-order valence-electron chi connectivity index (χ4n) is 0. The zero-order valence-corrected chi connectivity index (χ0v) is 18.8. The monoisotopic (exact) mass is 577 g/mol. The van der Waals surface area contributed by atoms with Crippen molar-refractivity contribution in [1.29, 1.82) is 0 Å². The van der Waals surface area contributed by atoms with E-state index in [4.69, 9.17) is 115 Å². The predicted octanol–water partition coefficient (Wildman–Crippen LogP) is -19.9. The van der Waals surface area contributed by atoms with E-state index < -0.39 is 46.9 Å². The summed E-state index contributed by atoms with van der Waals surface area (Å²) in [6, 6.07) is 0. The van der Waals surface area contributed by atoms with E-state index in [1.807, 2.05) is 0 Å². The third-order valence-electron chi connectivity index (χ3n) is 0. The Hall–Kier alpha value is 1.26. The van der Waals surface area contributed by atoms with Crippen LogP contribution in [0.3, 0.4) is 0 Å². The Balaban J connectivity index is -0.0000000443. The molecule has 0 aliphatic carbocycles. The van der Waals surface area contributed by atoms with E-state index in [9.17, 15) is 0 Å². The summed E-state index contributed by atoms with van der Waals surface area (Å²) in [5.74, 6) is 0. The predicted molar refractivity (Wildman–Crippen MR) is 45.6 cm³/mol. The van der Waals surface area contributed by atoms with Crippen molar-refractivity contribution in [2.75, 3.05) is 0 Å². The van der Waals surface area contributed by atoms with Crippen molar-refractivity contribution < 1.29 is 134 Å². The van der Waals surface area contributed by atoms with Crippen LogP contribution in [-0.4, -0.2) is 0 Å². The summed E-state index contributed by atoms with van der Waals surface area (Å²) in [6.45, 7) is 0. The molecular formula is LiO24P6-17. The summed E-state index contributed by atoms with van der Waals surface area (Å²) in [7, 11) is -32.3. The first-order chi connectivity index (χ1) is 12.0. The van der Waals surface area contributed by atoms with Gasteiger partial charge in [-0.2, -0.15) is 46.9 Å². The Labute approximate surface area is 181 Å². The average Bonchev–Trinajstić information content (AvgIpc) is 1.94. The Morgan fingerprint density at radius 2 is 0.226 bits per heavy atom. The maximum atomic E-state index is 8.55. The van der Waals surface area contributed by atoms with Gasteiger partial charge in [0.2, 0.25) is 0 Å². The summed E-state index contributed by atoms with van der Waals surface area (Å²) < 4.78 is 51.3. The van der Waals surface area contributed by atoms with Gasteiger partial charge in [0.15, 0.2) is 0 Å². The van der Waals surface area contributed by atoms with Crippen LogP contribution < -0.4 is 107 Å². The summed E-state index contributed by atoms with van der Waals surface area (Å²) in [5, 5.41) is 0. The third kappa shape index (κ3) is 16900. The normalized spacial score (nSPS) is 11.4. The minimum atomic E-state index is -5.39. The first kappa shape index (κ1) is 49.4. The first-order valence-corrected chi connectivity index (χ1v) is 13.1. The van der Waals surface area contributed by atoms with E-state index in [0.717, 1.165) is 0 Å². The van der Waals surface area contributed by atoms with Crippen molar-refractivity contribution in [3.8, 4) is 0 Å². The van der Waals surface area contributed by atoms with E-state index in [1.165, 1.54) is 0 Å². The van der Waals surface area contributed by atoms with Crippen LogP contribution in [0.4, 0.5) is 0 Å². The molecule has 0 saturated heterocycles. The van der Waals surface area contributed by atoms with Gasteiger partial charge in [0.1, 0.15) is 0 Å². The van der Waals surface area contributed by atoms with Gasteiger partial charge in [-0.3, -0.25) is 0 Å². The van der Waals surface area contributed by atoms with Gasteiger partial charge in [0.25, 0.3) is 0 Å². The molecule has 31 heavy (non-hydrogen) atoms. The molecule has 0 atom stereocenters. The van der Waals surface area contributed by atoms with Crippen LogP contribution in [0.15, 0.2) is 0 Å². The number of phosphoric acid groups is 6. The maximum Gasteiger partial charge on any atom is 1.00 e. The van der Waals surface area contributed by atoms with Gasteiger partial charge < -0.3 is 115 Å². The molecular weight excluding hydrogens is 577 g/mol. The molecule has 31 heteroatoms. The van der Waals surface area contributed by atoms with E-state index in [2.05, 4.69) is 0 Å². The van der Waals surface area contributed by atoms with Crippen molar-refractivity contribution in [2.24, 2.45) is 0 Å². The van der Waals surface area contributed by atoms with E-state index in [0.29, 0.717) is 0 Å².